The van der Waals surface area contributed by atoms with Crippen LogP contribution in [0.2, 0.25) is 0 Å². The van der Waals surface area contributed by atoms with Crippen LogP contribution in [-0.2, 0) is 17.8 Å². The number of carbonyl (C=O) groups excluding carboxylic acids is 1. The standard InChI is InChI=1S/C18H20BrN3O3S/c1-24-14-6-3-12(4-7-14)11-20-18(26)22-21-17(23)10-13-5-8-16(25-2)15(19)9-13/h3-9H,10-11H2,1-2H3,(H,21,23)(H2,20,22,26). The maximum absolute atomic E-state index is 12.0. The highest BCUT2D eigenvalue weighted by Gasteiger charge is 2.07. The predicted octanol–water partition coefficient (Wildman–Crippen LogP) is 2.70. The molecule has 0 aromatic heterocycles. The molecular formula is C18H20BrN3O3S. The minimum absolute atomic E-state index is 0.198. The van der Waals surface area contributed by atoms with E-state index in [-0.39, 0.29) is 12.3 Å². The fourth-order valence-corrected chi connectivity index (χ4v) is 2.86. The number of amides is 1. The second-order valence-corrected chi connectivity index (χ2v) is 6.61. The lowest BCUT2D eigenvalue weighted by molar-refractivity contribution is -0.121. The number of hydrogen-bond donors (Lipinski definition) is 3. The van der Waals surface area contributed by atoms with Gasteiger partial charge < -0.3 is 14.8 Å². The van der Waals surface area contributed by atoms with E-state index in [0.29, 0.717) is 11.7 Å². The quantitative estimate of drug-likeness (QED) is 0.476. The highest BCUT2D eigenvalue weighted by Crippen LogP contribution is 2.25. The van der Waals surface area contributed by atoms with Crippen molar-refractivity contribution in [3.05, 3.63) is 58.1 Å². The van der Waals surface area contributed by atoms with Gasteiger partial charge in [-0.05, 0) is 63.5 Å². The van der Waals surface area contributed by atoms with E-state index in [1.165, 1.54) is 0 Å². The van der Waals surface area contributed by atoms with Crippen LogP contribution >= 0.6 is 28.1 Å². The van der Waals surface area contributed by atoms with Crippen LogP contribution in [-0.4, -0.2) is 25.2 Å². The normalized spacial score (nSPS) is 9.96. The average molecular weight is 438 g/mol. The van der Waals surface area contributed by atoms with Gasteiger partial charge in [0.05, 0.1) is 25.1 Å². The first-order chi connectivity index (χ1) is 12.5. The van der Waals surface area contributed by atoms with Crippen molar-refractivity contribution in [2.24, 2.45) is 0 Å². The van der Waals surface area contributed by atoms with Gasteiger partial charge in [-0.25, -0.2) is 0 Å². The summed E-state index contributed by atoms with van der Waals surface area (Å²) >= 11 is 8.55. The molecule has 6 nitrogen and oxygen atoms in total. The van der Waals surface area contributed by atoms with E-state index in [1.807, 2.05) is 36.4 Å². The molecule has 0 radical (unpaired) electrons. The molecule has 0 saturated heterocycles. The summed E-state index contributed by atoms with van der Waals surface area (Å²) in [5, 5.41) is 3.36. The van der Waals surface area contributed by atoms with Gasteiger partial charge >= 0.3 is 0 Å². The Morgan fingerprint density at radius 1 is 1.04 bits per heavy atom. The fraction of sp³-hybridized carbons (Fsp3) is 0.222. The van der Waals surface area contributed by atoms with Gasteiger partial charge in [0.1, 0.15) is 11.5 Å². The van der Waals surface area contributed by atoms with Crippen molar-refractivity contribution in [2.45, 2.75) is 13.0 Å². The lowest BCUT2D eigenvalue weighted by Gasteiger charge is -2.12. The molecule has 0 unspecified atom stereocenters. The van der Waals surface area contributed by atoms with Crippen LogP contribution in [0.1, 0.15) is 11.1 Å². The lowest BCUT2D eigenvalue weighted by atomic mass is 10.1. The molecule has 2 rings (SSSR count). The number of hydrogen-bond acceptors (Lipinski definition) is 4. The predicted molar refractivity (Wildman–Crippen MR) is 108 cm³/mol. The Hall–Kier alpha value is -2.32. The number of nitrogens with one attached hydrogen (secondary N) is 3. The molecule has 138 valence electrons. The van der Waals surface area contributed by atoms with E-state index >= 15 is 0 Å². The molecule has 0 atom stereocenters. The summed E-state index contributed by atoms with van der Waals surface area (Å²) in [6, 6.07) is 13.1. The van der Waals surface area contributed by atoms with E-state index in [0.717, 1.165) is 27.1 Å². The van der Waals surface area contributed by atoms with Crippen LogP contribution in [0.3, 0.4) is 0 Å². The van der Waals surface area contributed by atoms with Gasteiger partial charge in [0.25, 0.3) is 0 Å². The third-order valence-electron chi connectivity index (χ3n) is 3.51. The lowest BCUT2D eigenvalue weighted by Crippen LogP contribution is -2.47. The molecule has 0 heterocycles. The largest absolute Gasteiger partial charge is 0.497 e. The number of thiocarbonyl (C=S) groups is 1. The molecule has 0 fully saturated rings. The molecule has 2 aromatic rings. The van der Waals surface area contributed by atoms with Crippen LogP contribution < -0.4 is 25.6 Å². The monoisotopic (exact) mass is 437 g/mol. The number of ether oxygens (including phenoxy) is 2. The maximum Gasteiger partial charge on any atom is 0.242 e. The van der Waals surface area contributed by atoms with Crippen molar-refractivity contribution >= 4 is 39.2 Å². The van der Waals surface area contributed by atoms with E-state index in [1.54, 1.807) is 20.3 Å². The van der Waals surface area contributed by atoms with Crippen molar-refractivity contribution in [2.75, 3.05) is 14.2 Å². The summed E-state index contributed by atoms with van der Waals surface area (Å²) < 4.78 is 11.1. The van der Waals surface area contributed by atoms with E-state index in [4.69, 9.17) is 21.7 Å². The molecule has 26 heavy (non-hydrogen) atoms. The van der Waals surface area contributed by atoms with Crippen LogP contribution in [0.5, 0.6) is 11.5 Å². The van der Waals surface area contributed by atoms with Crippen LogP contribution in [0.15, 0.2) is 46.9 Å². The smallest absolute Gasteiger partial charge is 0.242 e. The Labute approximate surface area is 166 Å². The molecule has 0 aliphatic rings. The number of methoxy groups -OCH3 is 2. The summed E-state index contributed by atoms with van der Waals surface area (Å²) in [6.45, 7) is 0.539. The highest BCUT2D eigenvalue weighted by atomic mass is 79.9. The van der Waals surface area contributed by atoms with Crippen molar-refractivity contribution < 1.29 is 14.3 Å². The van der Waals surface area contributed by atoms with Crippen LogP contribution in [0.25, 0.3) is 0 Å². The van der Waals surface area contributed by atoms with Crippen molar-refractivity contribution in [3.63, 3.8) is 0 Å². The Kier molecular flexibility index (Phi) is 7.68. The Balaban J connectivity index is 1.74. The summed E-state index contributed by atoms with van der Waals surface area (Å²) in [7, 11) is 3.22. The van der Waals surface area contributed by atoms with Gasteiger partial charge in [-0.1, -0.05) is 18.2 Å². The first kappa shape index (κ1) is 20.0. The molecule has 0 aliphatic heterocycles. The third kappa shape index (κ3) is 6.20. The number of benzene rings is 2. The third-order valence-corrected chi connectivity index (χ3v) is 4.37. The number of halogens is 1. The second-order valence-electron chi connectivity index (χ2n) is 5.35. The molecule has 8 heteroatoms. The minimum Gasteiger partial charge on any atom is -0.497 e. The van der Waals surface area contributed by atoms with Gasteiger partial charge in [0.2, 0.25) is 5.91 Å². The Bertz CT molecular complexity index is 769. The number of rotatable bonds is 6. The first-order valence-corrected chi connectivity index (χ1v) is 9.00. The molecule has 0 saturated carbocycles. The van der Waals surface area contributed by atoms with E-state index in [2.05, 4.69) is 32.1 Å². The zero-order valence-electron chi connectivity index (χ0n) is 14.5. The van der Waals surface area contributed by atoms with Crippen LogP contribution in [0, 0.1) is 0 Å². The molecule has 3 N–H and O–H groups in total. The SMILES string of the molecule is COc1ccc(CNC(=S)NNC(=O)Cc2ccc(OC)c(Br)c2)cc1. The summed E-state index contributed by atoms with van der Waals surface area (Å²) in [5.74, 6) is 1.32. The Morgan fingerprint density at radius 3 is 2.35 bits per heavy atom. The highest BCUT2D eigenvalue weighted by molar-refractivity contribution is 9.10. The van der Waals surface area contributed by atoms with E-state index in [9.17, 15) is 4.79 Å². The zero-order valence-corrected chi connectivity index (χ0v) is 16.9. The summed E-state index contributed by atoms with van der Waals surface area (Å²) in [4.78, 5) is 12.0. The summed E-state index contributed by atoms with van der Waals surface area (Å²) in [6.07, 6.45) is 0.219. The molecule has 0 bridgehead atoms. The summed E-state index contributed by atoms with van der Waals surface area (Å²) in [5.41, 5.74) is 7.17. The first-order valence-electron chi connectivity index (χ1n) is 7.80. The van der Waals surface area contributed by atoms with Gasteiger partial charge in [-0.2, -0.15) is 0 Å². The molecule has 0 spiro atoms. The van der Waals surface area contributed by atoms with Crippen molar-refractivity contribution in [3.8, 4) is 11.5 Å². The molecule has 1 amide bonds. The average Bonchev–Trinajstić information content (AvgIpc) is 2.65. The molecule has 2 aromatic carbocycles. The van der Waals surface area contributed by atoms with Gasteiger partial charge in [0, 0.05) is 6.54 Å². The Morgan fingerprint density at radius 2 is 1.73 bits per heavy atom. The van der Waals surface area contributed by atoms with E-state index < -0.39 is 0 Å². The number of hydrazine groups is 1. The molecule has 0 aliphatic carbocycles. The topological polar surface area (TPSA) is 71.6 Å². The maximum atomic E-state index is 12.0. The zero-order chi connectivity index (χ0) is 18.9. The van der Waals surface area contributed by atoms with Crippen molar-refractivity contribution in [1.82, 2.24) is 16.2 Å². The fourth-order valence-electron chi connectivity index (χ4n) is 2.15. The van der Waals surface area contributed by atoms with Gasteiger partial charge in [0.15, 0.2) is 5.11 Å². The number of carbonyl (C=O) groups is 1. The molecular weight excluding hydrogens is 418 g/mol. The van der Waals surface area contributed by atoms with Gasteiger partial charge in [-0.3, -0.25) is 15.6 Å². The second kappa shape index (κ2) is 9.98. The van der Waals surface area contributed by atoms with Crippen molar-refractivity contribution in [1.29, 1.82) is 0 Å². The van der Waals surface area contributed by atoms with Gasteiger partial charge in [-0.15, -0.1) is 0 Å². The van der Waals surface area contributed by atoms with Crippen LogP contribution in [0.4, 0.5) is 0 Å². The minimum atomic E-state index is -0.198.